The smallest absolute Gasteiger partial charge is 0.342 e. The maximum atomic E-state index is 11.5. The molecule has 0 aliphatic heterocycles. The van der Waals surface area contributed by atoms with Crippen molar-refractivity contribution in [3.8, 4) is 5.75 Å². The number of carbonyl (C=O) groups is 1. The number of allylic oxidation sites excluding steroid dienone is 1. The second-order valence-corrected chi connectivity index (χ2v) is 3.64. The van der Waals surface area contributed by atoms with Gasteiger partial charge in [0, 0.05) is 12.6 Å². The molecule has 0 aliphatic carbocycles. The molecule has 0 saturated carbocycles. The first-order valence-electron chi connectivity index (χ1n) is 5.81. The lowest BCUT2D eigenvalue weighted by Gasteiger charge is -2.05. The van der Waals surface area contributed by atoms with E-state index in [-0.39, 0.29) is 11.3 Å². The fourth-order valence-electron chi connectivity index (χ4n) is 1.42. The van der Waals surface area contributed by atoms with E-state index in [2.05, 4.69) is 9.73 Å². The summed E-state index contributed by atoms with van der Waals surface area (Å²) in [6.07, 6.45) is 1.60. The number of aliphatic imine (C=N–C) groups is 1. The molecule has 1 aromatic rings. The molecular weight excluding hydrogens is 246 g/mol. The van der Waals surface area contributed by atoms with Crippen molar-refractivity contribution in [1.82, 2.24) is 0 Å². The second-order valence-electron chi connectivity index (χ2n) is 3.64. The summed E-state index contributed by atoms with van der Waals surface area (Å²) < 4.78 is 9.74. The molecule has 1 aromatic carbocycles. The van der Waals surface area contributed by atoms with E-state index < -0.39 is 5.97 Å². The Kier molecular flexibility index (Phi) is 5.60. The minimum absolute atomic E-state index is 0.0379. The SMILES string of the molecule is CCC(O)=C(C=Nc1ccccc1OC)C(=O)OC. The predicted octanol–water partition coefficient (Wildman–Crippen LogP) is 2.79. The number of aliphatic hydroxyl groups is 1. The van der Waals surface area contributed by atoms with Crippen LogP contribution in [-0.4, -0.2) is 31.5 Å². The predicted molar refractivity (Wildman–Crippen MR) is 73.1 cm³/mol. The van der Waals surface area contributed by atoms with Gasteiger partial charge in [0.25, 0.3) is 0 Å². The molecule has 0 saturated heterocycles. The summed E-state index contributed by atoms with van der Waals surface area (Å²) in [5.74, 6) is -0.109. The van der Waals surface area contributed by atoms with E-state index in [9.17, 15) is 9.90 Å². The van der Waals surface area contributed by atoms with Gasteiger partial charge in [-0.25, -0.2) is 4.79 Å². The first-order chi connectivity index (χ1) is 9.13. The summed E-state index contributed by atoms with van der Waals surface area (Å²) in [6.45, 7) is 1.73. The largest absolute Gasteiger partial charge is 0.511 e. The number of para-hydroxylation sites is 2. The first-order valence-corrected chi connectivity index (χ1v) is 5.81. The Morgan fingerprint density at radius 2 is 2.05 bits per heavy atom. The zero-order valence-electron chi connectivity index (χ0n) is 11.2. The van der Waals surface area contributed by atoms with Crippen LogP contribution in [0.25, 0.3) is 0 Å². The zero-order valence-corrected chi connectivity index (χ0v) is 11.2. The number of hydrogen-bond donors (Lipinski definition) is 1. The van der Waals surface area contributed by atoms with Gasteiger partial charge in [-0.1, -0.05) is 19.1 Å². The number of hydrogen-bond acceptors (Lipinski definition) is 5. The zero-order chi connectivity index (χ0) is 14.3. The van der Waals surface area contributed by atoms with Crippen LogP contribution in [0.1, 0.15) is 13.3 Å². The molecule has 0 heterocycles. The Hall–Kier alpha value is -2.30. The normalized spacial score (nSPS) is 12.2. The third kappa shape index (κ3) is 3.84. The van der Waals surface area contributed by atoms with Gasteiger partial charge in [-0.15, -0.1) is 0 Å². The highest BCUT2D eigenvalue weighted by atomic mass is 16.5. The van der Waals surface area contributed by atoms with Crippen LogP contribution in [0.5, 0.6) is 5.75 Å². The fraction of sp³-hybridized carbons (Fsp3) is 0.286. The van der Waals surface area contributed by atoms with Gasteiger partial charge in [-0.3, -0.25) is 4.99 Å². The lowest BCUT2D eigenvalue weighted by atomic mass is 10.2. The van der Waals surface area contributed by atoms with Gasteiger partial charge < -0.3 is 14.6 Å². The van der Waals surface area contributed by atoms with Gasteiger partial charge in [0.1, 0.15) is 22.8 Å². The number of methoxy groups -OCH3 is 2. The van der Waals surface area contributed by atoms with Crippen molar-refractivity contribution in [3.05, 3.63) is 35.6 Å². The quantitative estimate of drug-likeness (QED) is 0.384. The minimum Gasteiger partial charge on any atom is -0.511 e. The summed E-state index contributed by atoms with van der Waals surface area (Å²) in [4.78, 5) is 15.7. The van der Waals surface area contributed by atoms with Crippen LogP contribution in [0.3, 0.4) is 0 Å². The highest BCUT2D eigenvalue weighted by Crippen LogP contribution is 2.26. The molecule has 0 unspecified atom stereocenters. The molecule has 19 heavy (non-hydrogen) atoms. The second kappa shape index (κ2) is 7.20. The van der Waals surface area contributed by atoms with Crippen molar-refractivity contribution >= 4 is 17.9 Å². The van der Waals surface area contributed by atoms with Crippen LogP contribution in [0, 0.1) is 0 Å². The van der Waals surface area contributed by atoms with Gasteiger partial charge in [0.05, 0.1) is 14.2 Å². The van der Waals surface area contributed by atoms with E-state index in [4.69, 9.17) is 4.74 Å². The maximum absolute atomic E-state index is 11.5. The third-order valence-electron chi connectivity index (χ3n) is 2.47. The Labute approximate surface area is 112 Å². The van der Waals surface area contributed by atoms with E-state index in [0.717, 1.165) is 0 Å². The number of aliphatic hydroxyl groups excluding tert-OH is 1. The number of ether oxygens (including phenoxy) is 2. The summed E-state index contributed by atoms with van der Waals surface area (Å²) in [6, 6.07) is 7.12. The fourth-order valence-corrected chi connectivity index (χ4v) is 1.42. The van der Waals surface area contributed by atoms with Gasteiger partial charge in [0.2, 0.25) is 0 Å². The number of benzene rings is 1. The van der Waals surface area contributed by atoms with Gasteiger partial charge in [-0.05, 0) is 12.1 Å². The maximum Gasteiger partial charge on any atom is 0.342 e. The summed E-state index contributed by atoms with van der Waals surface area (Å²) >= 11 is 0. The van der Waals surface area contributed by atoms with Crippen LogP contribution in [0.2, 0.25) is 0 Å². The Morgan fingerprint density at radius 1 is 1.37 bits per heavy atom. The number of esters is 1. The summed E-state index contributed by atoms with van der Waals surface area (Å²) in [7, 11) is 2.79. The van der Waals surface area contributed by atoms with Gasteiger partial charge in [-0.2, -0.15) is 0 Å². The standard InChI is InChI=1S/C14H17NO4/c1-4-12(16)10(14(17)19-3)9-15-11-7-5-6-8-13(11)18-2/h5-9,16H,4H2,1-3H3. The average Bonchev–Trinajstić information content (AvgIpc) is 2.47. The molecule has 102 valence electrons. The number of nitrogens with zero attached hydrogens (tertiary/aromatic N) is 1. The molecule has 0 atom stereocenters. The summed E-state index contributed by atoms with van der Waals surface area (Å²) in [5, 5.41) is 9.68. The average molecular weight is 263 g/mol. The van der Waals surface area contributed by atoms with Crippen molar-refractivity contribution in [2.45, 2.75) is 13.3 Å². The van der Waals surface area contributed by atoms with Crippen LogP contribution in [0.15, 0.2) is 40.6 Å². The van der Waals surface area contributed by atoms with E-state index in [0.29, 0.717) is 17.9 Å². The van der Waals surface area contributed by atoms with E-state index in [1.165, 1.54) is 20.4 Å². The molecule has 0 fully saturated rings. The molecular formula is C14H17NO4. The van der Waals surface area contributed by atoms with E-state index in [1.807, 2.05) is 6.07 Å². The Morgan fingerprint density at radius 3 is 2.63 bits per heavy atom. The van der Waals surface area contributed by atoms with Gasteiger partial charge in [0.15, 0.2) is 0 Å². The Balaban J connectivity index is 3.09. The van der Waals surface area contributed by atoms with Crippen LogP contribution >= 0.6 is 0 Å². The van der Waals surface area contributed by atoms with E-state index >= 15 is 0 Å². The molecule has 5 nitrogen and oxygen atoms in total. The van der Waals surface area contributed by atoms with Crippen molar-refractivity contribution in [2.75, 3.05) is 14.2 Å². The summed E-state index contributed by atoms with van der Waals surface area (Å²) in [5.41, 5.74) is 0.603. The van der Waals surface area contributed by atoms with Crippen LogP contribution < -0.4 is 4.74 Å². The molecule has 1 N–H and O–H groups in total. The highest BCUT2D eigenvalue weighted by Gasteiger charge is 2.12. The molecule has 0 amide bonds. The van der Waals surface area contributed by atoms with Crippen LogP contribution in [-0.2, 0) is 9.53 Å². The van der Waals surface area contributed by atoms with Crippen molar-refractivity contribution in [3.63, 3.8) is 0 Å². The lowest BCUT2D eigenvalue weighted by Crippen LogP contribution is -2.09. The van der Waals surface area contributed by atoms with Crippen molar-refractivity contribution in [2.24, 2.45) is 4.99 Å². The highest BCUT2D eigenvalue weighted by molar-refractivity contribution is 6.10. The lowest BCUT2D eigenvalue weighted by molar-refractivity contribution is -0.135. The molecule has 0 radical (unpaired) electrons. The monoisotopic (exact) mass is 263 g/mol. The number of rotatable bonds is 5. The molecule has 5 heteroatoms. The van der Waals surface area contributed by atoms with Crippen molar-refractivity contribution < 1.29 is 19.4 Å². The van der Waals surface area contributed by atoms with Gasteiger partial charge >= 0.3 is 5.97 Å². The van der Waals surface area contributed by atoms with Crippen molar-refractivity contribution in [1.29, 1.82) is 0 Å². The minimum atomic E-state index is -0.627. The van der Waals surface area contributed by atoms with Crippen LogP contribution in [0.4, 0.5) is 5.69 Å². The molecule has 0 spiro atoms. The molecule has 1 rings (SSSR count). The molecule has 0 aromatic heterocycles. The number of carbonyl (C=O) groups excluding carboxylic acids is 1. The van der Waals surface area contributed by atoms with E-state index in [1.54, 1.807) is 25.1 Å². The molecule has 0 bridgehead atoms. The third-order valence-corrected chi connectivity index (χ3v) is 2.47. The topological polar surface area (TPSA) is 68.1 Å². The Bertz CT molecular complexity index is 506. The molecule has 0 aliphatic rings. The first kappa shape index (κ1) is 14.8.